The first-order valence-corrected chi connectivity index (χ1v) is 10.7. The predicted octanol–water partition coefficient (Wildman–Crippen LogP) is 5.95. The monoisotopic (exact) mass is 450 g/mol. The van der Waals surface area contributed by atoms with E-state index in [0.29, 0.717) is 22.6 Å². The van der Waals surface area contributed by atoms with Gasteiger partial charge in [0.1, 0.15) is 17.2 Å². The molecular formula is C29H22O5. The Morgan fingerprint density at radius 2 is 1.09 bits per heavy atom. The van der Waals surface area contributed by atoms with Gasteiger partial charge in [-0.05, 0) is 60.2 Å². The first kappa shape index (κ1) is 22.6. The lowest BCUT2D eigenvalue weighted by atomic mass is 10.0. The Kier molecular flexibility index (Phi) is 7.49. The summed E-state index contributed by atoms with van der Waals surface area (Å²) in [6, 6.07) is 32.1. The summed E-state index contributed by atoms with van der Waals surface area (Å²) in [6.45, 7) is 0.0746. The van der Waals surface area contributed by atoms with Gasteiger partial charge in [0, 0.05) is 17.2 Å². The zero-order valence-corrected chi connectivity index (χ0v) is 18.3. The summed E-state index contributed by atoms with van der Waals surface area (Å²) in [7, 11) is 0. The highest BCUT2D eigenvalue weighted by molar-refractivity contribution is 6.09. The van der Waals surface area contributed by atoms with Gasteiger partial charge in [0.15, 0.2) is 5.78 Å². The number of benzene rings is 4. The molecule has 4 rings (SSSR count). The molecule has 0 bridgehead atoms. The van der Waals surface area contributed by atoms with E-state index >= 15 is 0 Å². The topological polar surface area (TPSA) is 61.8 Å². The van der Waals surface area contributed by atoms with Crippen LogP contribution in [-0.2, 0) is 4.79 Å². The van der Waals surface area contributed by atoms with Gasteiger partial charge in [0.2, 0.25) is 6.79 Å². The number of rotatable bonds is 9. The highest BCUT2D eigenvalue weighted by atomic mass is 16.7. The van der Waals surface area contributed by atoms with Crippen LogP contribution < -0.4 is 14.2 Å². The van der Waals surface area contributed by atoms with Gasteiger partial charge < -0.3 is 14.2 Å². The summed E-state index contributed by atoms with van der Waals surface area (Å²) in [5, 5.41) is 0. The maximum Gasteiger partial charge on any atom is 0.336 e. The van der Waals surface area contributed by atoms with Crippen molar-refractivity contribution < 1.29 is 23.8 Å². The number of para-hydroxylation sites is 2. The van der Waals surface area contributed by atoms with Gasteiger partial charge in [-0.2, -0.15) is 0 Å². The Bertz CT molecular complexity index is 1250. The zero-order valence-electron chi connectivity index (χ0n) is 18.3. The Morgan fingerprint density at radius 3 is 1.68 bits per heavy atom. The van der Waals surface area contributed by atoms with Crippen molar-refractivity contribution in [2.45, 2.75) is 0 Å². The Morgan fingerprint density at radius 1 is 0.588 bits per heavy atom. The maximum absolute atomic E-state index is 12.8. The molecular weight excluding hydrogens is 428 g/mol. The predicted molar refractivity (Wildman–Crippen MR) is 130 cm³/mol. The van der Waals surface area contributed by atoms with Crippen molar-refractivity contribution >= 4 is 17.8 Å². The van der Waals surface area contributed by atoms with E-state index in [9.17, 15) is 9.59 Å². The van der Waals surface area contributed by atoms with Gasteiger partial charge >= 0.3 is 5.97 Å². The quantitative estimate of drug-likeness (QED) is 0.104. The Labute approximate surface area is 197 Å². The van der Waals surface area contributed by atoms with Crippen LogP contribution >= 0.6 is 0 Å². The highest BCUT2D eigenvalue weighted by Gasteiger charge is 2.09. The highest BCUT2D eigenvalue weighted by Crippen LogP contribution is 2.17. The van der Waals surface area contributed by atoms with E-state index < -0.39 is 5.97 Å². The molecule has 0 spiro atoms. The summed E-state index contributed by atoms with van der Waals surface area (Å²) in [5.41, 5.74) is 1.87. The lowest BCUT2D eigenvalue weighted by molar-refractivity contribution is -0.128. The lowest BCUT2D eigenvalue weighted by Gasteiger charge is -2.09. The van der Waals surface area contributed by atoms with Gasteiger partial charge in [-0.25, -0.2) is 4.79 Å². The fourth-order valence-corrected chi connectivity index (χ4v) is 3.10. The van der Waals surface area contributed by atoms with E-state index in [2.05, 4.69) is 0 Å². The van der Waals surface area contributed by atoms with Gasteiger partial charge in [-0.15, -0.1) is 0 Å². The molecule has 0 heterocycles. The SMILES string of the molecule is O=C(/C=C/c1ccc(C(=O)c2ccc(OCOc3ccccc3)cc2)cc1)Oc1ccccc1. The molecule has 5 heteroatoms. The minimum atomic E-state index is -0.470. The first-order chi connectivity index (χ1) is 16.7. The van der Waals surface area contributed by atoms with Gasteiger partial charge in [-0.3, -0.25) is 4.79 Å². The third kappa shape index (κ3) is 6.43. The molecule has 0 atom stereocenters. The number of carbonyl (C=O) groups is 2. The average Bonchev–Trinajstić information content (AvgIpc) is 2.89. The summed E-state index contributed by atoms with van der Waals surface area (Å²) in [6.07, 6.45) is 2.99. The molecule has 0 radical (unpaired) electrons. The summed E-state index contributed by atoms with van der Waals surface area (Å²) in [5.74, 6) is 1.24. The Balaban J connectivity index is 1.30. The smallest absolute Gasteiger partial charge is 0.336 e. The minimum absolute atomic E-state index is 0.0746. The van der Waals surface area contributed by atoms with E-state index in [1.54, 1.807) is 78.9 Å². The number of hydrogen-bond donors (Lipinski definition) is 0. The number of carbonyl (C=O) groups excluding carboxylic acids is 2. The normalized spacial score (nSPS) is 10.6. The van der Waals surface area contributed by atoms with Crippen molar-refractivity contribution in [3.8, 4) is 17.2 Å². The van der Waals surface area contributed by atoms with E-state index in [1.165, 1.54) is 6.08 Å². The molecule has 34 heavy (non-hydrogen) atoms. The molecule has 4 aromatic rings. The van der Waals surface area contributed by atoms with Crippen molar-refractivity contribution in [2.75, 3.05) is 6.79 Å². The number of ether oxygens (including phenoxy) is 3. The van der Waals surface area contributed by atoms with Crippen molar-refractivity contribution in [3.63, 3.8) is 0 Å². The number of esters is 1. The molecule has 0 unspecified atom stereocenters. The molecule has 0 saturated carbocycles. The first-order valence-electron chi connectivity index (χ1n) is 10.7. The van der Waals surface area contributed by atoms with Crippen LogP contribution in [0.15, 0.2) is 115 Å². The molecule has 168 valence electrons. The summed E-state index contributed by atoms with van der Waals surface area (Å²) in [4.78, 5) is 24.7. The van der Waals surface area contributed by atoms with Crippen molar-refractivity contribution in [2.24, 2.45) is 0 Å². The van der Waals surface area contributed by atoms with E-state index in [-0.39, 0.29) is 12.6 Å². The van der Waals surface area contributed by atoms with Crippen LogP contribution in [0.25, 0.3) is 6.08 Å². The van der Waals surface area contributed by atoms with Crippen LogP contribution in [0.5, 0.6) is 17.2 Å². The van der Waals surface area contributed by atoms with Crippen LogP contribution in [0.3, 0.4) is 0 Å². The van der Waals surface area contributed by atoms with Crippen LogP contribution in [0.4, 0.5) is 0 Å². The molecule has 0 amide bonds. The molecule has 0 saturated heterocycles. The fraction of sp³-hybridized carbons (Fsp3) is 0.0345. The molecule has 0 aromatic heterocycles. The third-order valence-electron chi connectivity index (χ3n) is 4.86. The fourth-order valence-electron chi connectivity index (χ4n) is 3.10. The average molecular weight is 450 g/mol. The third-order valence-corrected chi connectivity index (χ3v) is 4.86. The Hall–Kier alpha value is -4.64. The van der Waals surface area contributed by atoms with Crippen molar-refractivity contribution in [1.82, 2.24) is 0 Å². The van der Waals surface area contributed by atoms with Gasteiger partial charge in [-0.1, -0.05) is 60.7 Å². The lowest BCUT2D eigenvalue weighted by Crippen LogP contribution is -2.06. The summed E-state index contributed by atoms with van der Waals surface area (Å²) < 4.78 is 16.3. The molecule has 0 N–H and O–H groups in total. The molecule has 0 aliphatic heterocycles. The second-order valence-electron chi connectivity index (χ2n) is 7.26. The van der Waals surface area contributed by atoms with Crippen LogP contribution in [0, 0.1) is 0 Å². The molecule has 0 aliphatic carbocycles. The van der Waals surface area contributed by atoms with E-state index in [1.807, 2.05) is 36.4 Å². The van der Waals surface area contributed by atoms with Crippen LogP contribution in [0.2, 0.25) is 0 Å². The van der Waals surface area contributed by atoms with Crippen molar-refractivity contribution in [1.29, 1.82) is 0 Å². The number of ketones is 1. The largest absolute Gasteiger partial charge is 0.458 e. The molecule has 5 nitrogen and oxygen atoms in total. The molecule has 0 fully saturated rings. The minimum Gasteiger partial charge on any atom is -0.458 e. The summed E-state index contributed by atoms with van der Waals surface area (Å²) >= 11 is 0. The second kappa shape index (κ2) is 11.3. The maximum atomic E-state index is 12.8. The van der Waals surface area contributed by atoms with Crippen LogP contribution in [-0.4, -0.2) is 18.5 Å². The molecule has 4 aromatic carbocycles. The second-order valence-corrected chi connectivity index (χ2v) is 7.26. The standard InChI is InChI=1S/C29H22O5/c30-28(34-27-9-5-2-6-10-27)20-13-22-11-14-23(15-12-22)29(31)24-16-18-26(19-17-24)33-21-32-25-7-3-1-4-8-25/h1-20H,21H2/b20-13+. The van der Waals surface area contributed by atoms with E-state index in [4.69, 9.17) is 14.2 Å². The number of hydrogen-bond acceptors (Lipinski definition) is 5. The molecule has 0 aliphatic rings. The van der Waals surface area contributed by atoms with Crippen LogP contribution in [0.1, 0.15) is 21.5 Å². The van der Waals surface area contributed by atoms with Crippen molar-refractivity contribution in [3.05, 3.63) is 132 Å². The van der Waals surface area contributed by atoms with Gasteiger partial charge in [0.25, 0.3) is 0 Å². The van der Waals surface area contributed by atoms with E-state index in [0.717, 1.165) is 11.3 Å². The van der Waals surface area contributed by atoms with Gasteiger partial charge in [0.05, 0.1) is 0 Å². The zero-order chi connectivity index (χ0) is 23.6.